The number of carbonyl (C=O) groups is 2. The number of thioether (sulfide) groups is 1. The van der Waals surface area contributed by atoms with Gasteiger partial charge in [-0.2, -0.15) is 0 Å². The summed E-state index contributed by atoms with van der Waals surface area (Å²) < 4.78 is 5.65. The number of nitrogens with one attached hydrogen (secondary N) is 1. The number of carboxylic acid groups (broad SMARTS) is 1. The van der Waals surface area contributed by atoms with Crippen LogP contribution < -0.4 is 5.32 Å². The van der Waals surface area contributed by atoms with Crippen LogP contribution in [0.1, 0.15) is 25.5 Å². The van der Waals surface area contributed by atoms with E-state index < -0.39 is 23.6 Å². The lowest BCUT2D eigenvalue weighted by Gasteiger charge is -2.31. The molecule has 2 aromatic rings. The second kappa shape index (κ2) is 9.32. The predicted octanol–water partition coefficient (Wildman–Crippen LogP) is 5.07. The number of benzene rings is 2. The van der Waals surface area contributed by atoms with Gasteiger partial charge >= 0.3 is 12.1 Å². The SMILES string of the molecule is CSc1ccc(NC(=O)O[C@@H](c2ccc(O)cc2)C(C)(C)/C=C/C(=O)O)cc1. The number of carboxylic acids is 1. The molecule has 0 heterocycles. The van der Waals surface area contributed by atoms with E-state index in [0.29, 0.717) is 11.3 Å². The molecular weight excluding hydrogens is 378 g/mol. The summed E-state index contributed by atoms with van der Waals surface area (Å²) in [6, 6.07) is 13.6. The molecule has 2 rings (SSSR count). The fraction of sp³-hybridized carbons (Fsp3) is 0.238. The van der Waals surface area contributed by atoms with E-state index in [1.807, 2.05) is 18.4 Å². The first-order valence-corrected chi connectivity index (χ1v) is 9.76. The molecule has 7 heteroatoms. The van der Waals surface area contributed by atoms with Crippen LogP contribution in [0.2, 0.25) is 0 Å². The van der Waals surface area contributed by atoms with Crippen LogP contribution in [0.3, 0.4) is 0 Å². The molecular formula is C21H23NO5S. The molecule has 2 aromatic carbocycles. The van der Waals surface area contributed by atoms with Gasteiger partial charge in [-0.05, 0) is 48.2 Å². The van der Waals surface area contributed by atoms with Crippen LogP contribution >= 0.6 is 11.8 Å². The van der Waals surface area contributed by atoms with Gasteiger partial charge < -0.3 is 14.9 Å². The quantitative estimate of drug-likeness (QED) is 0.443. The lowest BCUT2D eigenvalue weighted by atomic mass is 9.82. The Hall–Kier alpha value is -2.93. The number of phenols is 1. The summed E-state index contributed by atoms with van der Waals surface area (Å²) in [5, 5.41) is 21.1. The molecule has 1 amide bonds. The van der Waals surface area contributed by atoms with Crippen molar-refractivity contribution < 1.29 is 24.5 Å². The van der Waals surface area contributed by atoms with Gasteiger partial charge in [0.25, 0.3) is 0 Å². The molecule has 0 bridgehead atoms. The molecule has 0 aliphatic heterocycles. The van der Waals surface area contributed by atoms with Crippen LogP contribution in [-0.4, -0.2) is 28.5 Å². The van der Waals surface area contributed by atoms with Crippen molar-refractivity contribution in [3.63, 3.8) is 0 Å². The summed E-state index contributed by atoms with van der Waals surface area (Å²) in [5.74, 6) is -1.00. The van der Waals surface area contributed by atoms with Crippen LogP contribution in [0.4, 0.5) is 10.5 Å². The largest absolute Gasteiger partial charge is 0.508 e. The molecule has 0 aromatic heterocycles. The molecule has 0 spiro atoms. The van der Waals surface area contributed by atoms with Gasteiger partial charge in [0.05, 0.1) is 0 Å². The first-order valence-electron chi connectivity index (χ1n) is 8.54. The zero-order chi connectivity index (χ0) is 20.7. The predicted molar refractivity (Wildman–Crippen MR) is 110 cm³/mol. The molecule has 148 valence electrons. The van der Waals surface area contributed by atoms with Gasteiger partial charge in [-0.25, -0.2) is 9.59 Å². The highest BCUT2D eigenvalue weighted by molar-refractivity contribution is 7.98. The topological polar surface area (TPSA) is 95.9 Å². The normalized spacial score (nSPS) is 12.5. The molecule has 3 N–H and O–H groups in total. The zero-order valence-corrected chi connectivity index (χ0v) is 16.7. The fourth-order valence-electron chi connectivity index (χ4n) is 2.60. The highest BCUT2D eigenvalue weighted by atomic mass is 32.2. The van der Waals surface area contributed by atoms with E-state index in [0.717, 1.165) is 11.0 Å². The average molecular weight is 401 g/mol. The highest BCUT2D eigenvalue weighted by Gasteiger charge is 2.32. The molecule has 0 aliphatic carbocycles. The zero-order valence-electron chi connectivity index (χ0n) is 15.9. The maximum atomic E-state index is 12.5. The number of hydrogen-bond donors (Lipinski definition) is 3. The van der Waals surface area contributed by atoms with Crippen LogP contribution in [0, 0.1) is 5.41 Å². The van der Waals surface area contributed by atoms with Gasteiger partial charge in [0.15, 0.2) is 0 Å². The molecule has 0 unspecified atom stereocenters. The Balaban J connectivity index is 2.23. The summed E-state index contributed by atoms with van der Waals surface area (Å²) in [5.41, 5.74) is 0.409. The molecule has 28 heavy (non-hydrogen) atoms. The van der Waals surface area contributed by atoms with Crippen LogP contribution in [0.5, 0.6) is 5.75 Å². The third-order valence-corrected chi connectivity index (χ3v) is 4.83. The summed E-state index contributed by atoms with van der Waals surface area (Å²) >= 11 is 1.60. The third-order valence-electron chi connectivity index (χ3n) is 4.09. The number of aliphatic carboxylic acids is 1. The van der Waals surface area contributed by atoms with Crippen molar-refractivity contribution in [2.75, 3.05) is 11.6 Å². The first kappa shape index (κ1) is 21.4. The molecule has 0 radical (unpaired) electrons. The van der Waals surface area contributed by atoms with Crippen molar-refractivity contribution >= 4 is 29.5 Å². The van der Waals surface area contributed by atoms with Gasteiger partial charge in [0, 0.05) is 22.1 Å². The second-order valence-corrected chi connectivity index (χ2v) is 7.60. The molecule has 1 atom stereocenters. The van der Waals surface area contributed by atoms with E-state index in [1.54, 1.807) is 49.9 Å². The summed E-state index contributed by atoms with van der Waals surface area (Å²) in [7, 11) is 0. The summed E-state index contributed by atoms with van der Waals surface area (Å²) in [6.45, 7) is 3.54. The van der Waals surface area contributed by atoms with E-state index in [4.69, 9.17) is 9.84 Å². The monoisotopic (exact) mass is 401 g/mol. The highest BCUT2D eigenvalue weighted by Crippen LogP contribution is 2.38. The number of amides is 1. The maximum absolute atomic E-state index is 12.5. The van der Waals surface area contributed by atoms with Crippen molar-refractivity contribution in [2.24, 2.45) is 5.41 Å². The van der Waals surface area contributed by atoms with Gasteiger partial charge in [0.1, 0.15) is 11.9 Å². The summed E-state index contributed by atoms with van der Waals surface area (Å²) in [6.07, 6.45) is 3.04. The Morgan fingerprint density at radius 2 is 1.71 bits per heavy atom. The van der Waals surface area contributed by atoms with Gasteiger partial charge in [-0.3, -0.25) is 5.32 Å². The van der Waals surface area contributed by atoms with E-state index >= 15 is 0 Å². The van der Waals surface area contributed by atoms with E-state index in [-0.39, 0.29) is 5.75 Å². The lowest BCUT2D eigenvalue weighted by molar-refractivity contribution is -0.131. The minimum atomic E-state index is -1.09. The van der Waals surface area contributed by atoms with Crippen molar-refractivity contribution in [1.82, 2.24) is 0 Å². The van der Waals surface area contributed by atoms with Crippen LogP contribution in [0.15, 0.2) is 65.6 Å². The molecule has 0 saturated carbocycles. The molecule has 0 aliphatic rings. The number of aromatic hydroxyl groups is 1. The smallest absolute Gasteiger partial charge is 0.412 e. The number of phenolic OH excluding ortho intramolecular Hbond substituents is 1. The van der Waals surface area contributed by atoms with E-state index in [9.17, 15) is 14.7 Å². The minimum Gasteiger partial charge on any atom is -0.508 e. The first-order chi connectivity index (χ1) is 13.2. The van der Waals surface area contributed by atoms with Gasteiger partial charge in [0.2, 0.25) is 0 Å². The molecule has 6 nitrogen and oxygen atoms in total. The number of anilines is 1. The minimum absolute atomic E-state index is 0.0831. The van der Waals surface area contributed by atoms with Crippen molar-refractivity contribution in [3.8, 4) is 5.75 Å². The van der Waals surface area contributed by atoms with E-state index in [2.05, 4.69) is 5.32 Å². The Bertz CT molecular complexity index is 844. The summed E-state index contributed by atoms with van der Waals surface area (Å²) in [4.78, 5) is 24.5. The standard InChI is InChI=1S/C21H23NO5S/c1-21(2,13-12-18(24)25)19(14-4-8-16(23)9-5-14)27-20(26)22-15-6-10-17(28-3)11-7-15/h4-13,19,23H,1-3H3,(H,22,26)(H,24,25)/b13-12+/t19-/m0/s1. The lowest BCUT2D eigenvalue weighted by Crippen LogP contribution is -2.27. The van der Waals surface area contributed by atoms with Crippen molar-refractivity contribution in [2.45, 2.75) is 24.8 Å². The van der Waals surface area contributed by atoms with Crippen molar-refractivity contribution in [1.29, 1.82) is 0 Å². The number of carbonyl (C=O) groups excluding carboxylic acids is 1. The number of ether oxygens (including phenoxy) is 1. The Labute approximate surface area is 168 Å². The number of hydrogen-bond acceptors (Lipinski definition) is 5. The fourth-order valence-corrected chi connectivity index (χ4v) is 3.01. The van der Waals surface area contributed by atoms with E-state index in [1.165, 1.54) is 18.2 Å². The Morgan fingerprint density at radius 1 is 1.11 bits per heavy atom. The second-order valence-electron chi connectivity index (χ2n) is 6.72. The number of rotatable bonds is 7. The van der Waals surface area contributed by atoms with Gasteiger partial charge in [-0.15, -0.1) is 11.8 Å². The Kier molecular flexibility index (Phi) is 7.12. The van der Waals surface area contributed by atoms with Gasteiger partial charge in [-0.1, -0.05) is 32.1 Å². The molecule has 0 fully saturated rings. The van der Waals surface area contributed by atoms with Crippen molar-refractivity contribution in [3.05, 3.63) is 66.2 Å². The third kappa shape index (κ3) is 6.06. The maximum Gasteiger partial charge on any atom is 0.412 e. The Morgan fingerprint density at radius 3 is 2.25 bits per heavy atom. The van der Waals surface area contributed by atoms with Crippen LogP contribution in [-0.2, 0) is 9.53 Å². The van der Waals surface area contributed by atoms with Crippen LogP contribution in [0.25, 0.3) is 0 Å². The molecule has 0 saturated heterocycles. The average Bonchev–Trinajstić information content (AvgIpc) is 2.66.